The Morgan fingerprint density at radius 1 is 1.13 bits per heavy atom. The molecule has 124 valence electrons. The van der Waals surface area contributed by atoms with Crippen LogP contribution in [-0.4, -0.2) is 14.8 Å². The summed E-state index contributed by atoms with van der Waals surface area (Å²) in [4.78, 5) is 0. The number of aromatic nitrogens is 3. The Hall–Kier alpha value is -1.29. The molecule has 1 aromatic heterocycles. The van der Waals surface area contributed by atoms with Crippen LogP contribution in [-0.2, 0) is 19.2 Å². The van der Waals surface area contributed by atoms with Crippen molar-refractivity contribution in [2.45, 2.75) is 62.8 Å². The third-order valence-electron chi connectivity index (χ3n) is 5.04. The minimum atomic E-state index is 0.906. The van der Waals surface area contributed by atoms with Crippen LogP contribution in [0.4, 0.5) is 0 Å². The van der Waals surface area contributed by atoms with Gasteiger partial charge in [-0.15, -0.1) is 10.2 Å². The molecule has 4 heteroatoms. The van der Waals surface area contributed by atoms with E-state index in [-0.39, 0.29) is 0 Å². The third kappa shape index (κ3) is 4.37. The van der Waals surface area contributed by atoms with Gasteiger partial charge in [0.05, 0.1) is 0 Å². The highest BCUT2D eigenvalue weighted by molar-refractivity contribution is 7.98. The molecule has 1 fully saturated rings. The van der Waals surface area contributed by atoms with Crippen LogP contribution >= 0.6 is 11.8 Å². The second-order valence-corrected chi connectivity index (χ2v) is 7.66. The summed E-state index contributed by atoms with van der Waals surface area (Å²) in [5.41, 5.74) is 2.73. The average Bonchev–Trinajstić information content (AvgIpc) is 2.93. The average molecular weight is 330 g/mol. The van der Waals surface area contributed by atoms with Gasteiger partial charge in [0.1, 0.15) is 5.82 Å². The molecule has 3 nitrogen and oxygen atoms in total. The van der Waals surface area contributed by atoms with E-state index in [0.717, 1.165) is 29.1 Å². The smallest absolute Gasteiger partial charge is 0.191 e. The Kier molecular flexibility index (Phi) is 5.76. The minimum Gasteiger partial charge on any atom is -0.309 e. The molecule has 1 heterocycles. The molecule has 0 amide bonds. The lowest BCUT2D eigenvalue weighted by Gasteiger charge is -2.20. The molecule has 0 radical (unpaired) electrons. The molecule has 1 aliphatic rings. The van der Waals surface area contributed by atoms with E-state index in [9.17, 15) is 0 Å². The van der Waals surface area contributed by atoms with Crippen LogP contribution in [0.25, 0.3) is 0 Å². The Morgan fingerprint density at radius 2 is 1.91 bits per heavy atom. The number of nitrogens with zero attached hydrogens (tertiary/aromatic N) is 3. The quantitative estimate of drug-likeness (QED) is 0.704. The van der Waals surface area contributed by atoms with E-state index in [1.54, 1.807) is 11.8 Å². The number of hydrogen-bond acceptors (Lipinski definition) is 3. The largest absolute Gasteiger partial charge is 0.309 e. The normalized spacial score (nSPS) is 15.9. The van der Waals surface area contributed by atoms with Gasteiger partial charge in [-0.2, -0.15) is 0 Å². The van der Waals surface area contributed by atoms with Crippen LogP contribution in [0, 0.1) is 12.8 Å². The van der Waals surface area contributed by atoms with Crippen molar-refractivity contribution in [3.05, 3.63) is 41.2 Å². The van der Waals surface area contributed by atoms with Gasteiger partial charge in [-0.05, 0) is 30.4 Å². The maximum Gasteiger partial charge on any atom is 0.191 e. The highest BCUT2D eigenvalue weighted by atomic mass is 32.2. The number of rotatable bonds is 6. The van der Waals surface area contributed by atoms with Gasteiger partial charge in [0.25, 0.3) is 0 Å². The van der Waals surface area contributed by atoms with E-state index in [2.05, 4.69) is 53.0 Å². The fourth-order valence-electron chi connectivity index (χ4n) is 3.41. The number of aryl methyl sites for hydroxylation is 2. The van der Waals surface area contributed by atoms with Crippen molar-refractivity contribution in [1.82, 2.24) is 14.8 Å². The van der Waals surface area contributed by atoms with Crippen LogP contribution in [0.15, 0.2) is 29.4 Å². The Morgan fingerprint density at radius 3 is 2.70 bits per heavy atom. The van der Waals surface area contributed by atoms with Crippen LogP contribution in [0.1, 0.15) is 55.5 Å². The summed E-state index contributed by atoms with van der Waals surface area (Å²) in [5, 5.41) is 9.86. The minimum absolute atomic E-state index is 0.906. The lowest BCUT2D eigenvalue weighted by atomic mass is 9.86. The van der Waals surface area contributed by atoms with E-state index in [1.165, 1.54) is 49.7 Å². The van der Waals surface area contributed by atoms with Gasteiger partial charge in [0.2, 0.25) is 0 Å². The van der Waals surface area contributed by atoms with E-state index in [1.807, 2.05) is 0 Å². The highest BCUT2D eigenvalue weighted by Crippen LogP contribution is 2.28. The zero-order valence-electron chi connectivity index (χ0n) is 14.3. The van der Waals surface area contributed by atoms with Crippen LogP contribution in [0.2, 0.25) is 0 Å². The van der Waals surface area contributed by atoms with Crippen molar-refractivity contribution in [3.8, 4) is 0 Å². The van der Waals surface area contributed by atoms with Crippen molar-refractivity contribution in [1.29, 1.82) is 0 Å². The fraction of sp³-hybridized carbons (Fsp3) is 0.579. The van der Waals surface area contributed by atoms with E-state index in [4.69, 9.17) is 0 Å². The molecular formula is C19H27N3S. The third-order valence-corrected chi connectivity index (χ3v) is 6.11. The molecule has 0 spiro atoms. The topological polar surface area (TPSA) is 30.7 Å². The molecule has 0 bridgehead atoms. The molecule has 0 unspecified atom stereocenters. The molecule has 0 aliphatic heterocycles. The fourth-order valence-corrected chi connectivity index (χ4v) is 4.42. The maximum atomic E-state index is 4.43. The summed E-state index contributed by atoms with van der Waals surface area (Å²) in [6.45, 7) is 2.17. The highest BCUT2D eigenvalue weighted by Gasteiger charge is 2.16. The van der Waals surface area contributed by atoms with Gasteiger partial charge in [-0.1, -0.05) is 68.1 Å². The summed E-state index contributed by atoms with van der Waals surface area (Å²) < 4.78 is 2.19. The van der Waals surface area contributed by atoms with Crippen molar-refractivity contribution >= 4 is 11.8 Å². The molecule has 0 saturated heterocycles. The first kappa shape index (κ1) is 16.6. The Labute approximate surface area is 143 Å². The second kappa shape index (κ2) is 8.00. The van der Waals surface area contributed by atoms with Gasteiger partial charge in [0.15, 0.2) is 5.16 Å². The van der Waals surface area contributed by atoms with Gasteiger partial charge >= 0.3 is 0 Å². The van der Waals surface area contributed by atoms with Gasteiger partial charge in [0, 0.05) is 19.2 Å². The van der Waals surface area contributed by atoms with Crippen molar-refractivity contribution < 1.29 is 0 Å². The molecule has 2 aromatic rings. The lowest BCUT2D eigenvalue weighted by Crippen LogP contribution is -2.09. The number of hydrogen-bond donors (Lipinski definition) is 0. The molecule has 1 aliphatic carbocycles. The maximum absolute atomic E-state index is 4.43. The van der Waals surface area contributed by atoms with Crippen molar-refractivity contribution in [3.63, 3.8) is 0 Å². The molecule has 1 aromatic carbocycles. The standard InChI is InChI=1S/C19H27N3S/c1-15-8-6-7-11-17(15)14-23-19-21-20-18(22(19)2)13-12-16-9-4-3-5-10-16/h6-8,11,16H,3-5,9-10,12-14H2,1-2H3. The van der Waals surface area contributed by atoms with Crippen LogP contribution in [0.5, 0.6) is 0 Å². The van der Waals surface area contributed by atoms with Crippen molar-refractivity contribution in [2.75, 3.05) is 0 Å². The van der Waals surface area contributed by atoms with Crippen LogP contribution < -0.4 is 0 Å². The Balaban J connectivity index is 1.55. The lowest BCUT2D eigenvalue weighted by molar-refractivity contribution is 0.336. The van der Waals surface area contributed by atoms with E-state index >= 15 is 0 Å². The molecule has 3 rings (SSSR count). The predicted molar refractivity (Wildman–Crippen MR) is 96.6 cm³/mol. The monoisotopic (exact) mass is 329 g/mol. The van der Waals surface area contributed by atoms with E-state index in [0.29, 0.717) is 0 Å². The van der Waals surface area contributed by atoms with Crippen molar-refractivity contribution in [2.24, 2.45) is 13.0 Å². The second-order valence-electron chi connectivity index (χ2n) is 6.72. The van der Waals surface area contributed by atoms with Gasteiger partial charge in [-0.25, -0.2) is 0 Å². The first-order valence-electron chi connectivity index (χ1n) is 8.79. The summed E-state index contributed by atoms with van der Waals surface area (Å²) in [6, 6.07) is 8.56. The summed E-state index contributed by atoms with van der Waals surface area (Å²) in [6.07, 6.45) is 9.43. The molecular weight excluding hydrogens is 302 g/mol. The summed E-state index contributed by atoms with van der Waals surface area (Å²) in [5.74, 6) is 3.01. The SMILES string of the molecule is Cc1ccccc1CSc1nnc(CCC2CCCCC2)n1C. The molecule has 23 heavy (non-hydrogen) atoms. The molecule has 0 atom stereocenters. The molecule has 1 saturated carbocycles. The first-order valence-corrected chi connectivity index (χ1v) is 9.78. The zero-order valence-corrected chi connectivity index (χ0v) is 15.1. The summed E-state index contributed by atoms with van der Waals surface area (Å²) >= 11 is 1.79. The van der Waals surface area contributed by atoms with E-state index < -0.39 is 0 Å². The van der Waals surface area contributed by atoms with Gasteiger partial charge in [-0.3, -0.25) is 0 Å². The van der Waals surface area contributed by atoms with Gasteiger partial charge < -0.3 is 4.57 Å². The zero-order chi connectivity index (χ0) is 16.1. The number of benzene rings is 1. The Bertz CT molecular complexity index is 629. The molecule has 0 N–H and O–H groups in total. The predicted octanol–water partition coefficient (Wildman–Crippen LogP) is 4.93. The summed E-state index contributed by atoms with van der Waals surface area (Å²) in [7, 11) is 2.11. The first-order chi connectivity index (χ1) is 11.2. The van der Waals surface area contributed by atoms with Crippen LogP contribution in [0.3, 0.4) is 0 Å². The number of thioether (sulfide) groups is 1.